The molecule has 1 aliphatic rings. The molecule has 1 saturated carbocycles. The summed E-state index contributed by atoms with van der Waals surface area (Å²) in [6.07, 6.45) is 5.77. The van der Waals surface area contributed by atoms with E-state index < -0.39 is 0 Å². The second kappa shape index (κ2) is 3.95. The van der Waals surface area contributed by atoms with Crippen molar-refractivity contribution in [2.75, 3.05) is 0 Å². The van der Waals surface area contributed by atoms with Gasteiger partial charge in [0.1, 0.15) is 0 Å². The van der Waals surface area contributed by atoms with Gasteiger partial charge in [-0.15, -0.1) is 0 Å². The first-order valence-electron chi connectivity index (χ1n) is 5.43. The summed E-state index contributed by atoms with van der Waals surface area (Å²) in [5.41, 5.74) is 1.52. The van der Waals surface area contributed by atoms with Crippen LogP contribution >= 0.6 is 0 Å². The highest BCUT2D eigenvalue weighted by atomic mass is 14.3. The Hall–Kier alpha value is -0.780. The van der Waals surface area contributed by atoms with Crippen molar-refractivity contribution >= 4 is 0 Å². The van der Waals surface area contributed by atoms with Crippen molar-refractivity contribution in [1.82, 2.24) is 0 Å². The van der Waals surface area contributed by atoms with Gasteiger partial charge in [-0.1, -0.05) is 50.1 Å². The molecule has 0 aliphatic heterocycles. The molecule has 0 unspecified atom stereocenters. The summed E-state index contributed by atoms with van der Waals surface area (Å²) in [5.74, 6) is 1.71. The molecule has 1 aromatic rings. The molecule has 13 heavy (non-hydrogen) atoms. The van der Waals surface area contributed by atoms with Gasteiger partial charge in [0.2, 0.25) is 0 Å². The zero-order valence-electron chi connectivity index (χ0n) is 8.37. The van der Waals surface area contributed by atoms with Crippen molar-refractivity contribution in [3.8, 4) is 0 Å². The Morgan fingerprint density at radius 3 is 2.31 bits per heavy atom. The second-order valence-corrected chi connectivity index (χ2v) is 4.24. The van der Waals surface area contributed by atoms with Gasteiger partial charge < -0.3 is 0 Å². The van der Waals surface area contributed by atoms with Crippen LogP contribution in [0.4, 0.5) is 0 Å². The molecule has 1 aromatic carbocycles. The Morgan fingerprint density at radius 2 is 1.69 bits per heavy atom. The molecule has 0 N–H and O–H groups in total. The van der Waals surface area contributed by atoms with E-state index in [2.05, 4.69) is 37.3 Å². The fourth-order valence-electron chi connectivity index (χ4n) is 2.49. The minimum atomic E-state index is 0.767. The average molecular weight is 174 g/mol. The number of hydrogen-bond acceptors (Lipinski definition) is 0. The lowest BCUT2D eigenvalue weighted by Gasteiger charge is -2.18. The van der Waals surface area contributed by atoms with Crippen molar-refractivity contribution in [2.24, 2.45) is 5.92 Å². The second-order valence-electron chi connectivity index (χ2n) is 4.24. The Kier molecular flexibility index (Phi) is 2.68. The molecule has 0 radical (unpaired) electrons. The van der Waals surface area contributed by atoms with E-state index in [4.69, 9.17) is 0 Å². The van der Waals surface area contributed by atoms with Crippen LogP contribution in [0, 0.1) is 5.92 Å². The normalized spacial score (nSPS) is 20.4. The molecular weight excluding hydrogens is 156 g/mol. The van der Waals surface area contributed by atoms with Gasteiger partial charge in [-0.25, -0.2) is 0 Å². The van der Waals surface area contributed by atoms with Crippen LogP contribution in [0.3, 0.4) is 0 Å². The van der Waals surface area contributed by atoms with E-state index in [0.717, 1.165) is 11.8 Å². The summed E-state index contributed by atoms with van der Waals surface area (Å²) in [4.78, 5) is 0. The lowest BCUT2D eigenvalue weighted by molar-refractivity contribution is 0.461. The predicted molar refractivity (Wildman–Crippen MR) is 56.8 cm³/mol. The summed E-state index contributed by atoms with van der Waals surface area (Å²) in [6.45, 7) is 2.38. The van der Waals surface area contributed by atoms with Crippen LogP contribution in [-0.2, 0) is 0 Å². The van der Waals surface area contributed by atoms with Gasteiger partial charge in [0.05, 0.1) is 0 Å². The quantitative estimate of drug-likeness (QED) is 0.636. The monoisotopic (exact) mass is 174 g/mol. The van der Waals surface area contributed by atoms with Crippen LogP contribution in [0.25, 0.3) is 0 Å². The van der Waals surface area contributed by atoms with Gasteiger partial charge in [-0.3, -0.25) is 0 Å². The van der Waals surface area contributed by atoms with Crippen LogP contribution in [-0.4, -0.2) is 0 Å². The van der Waals surface area contributed by atoms with Gasteiger partial charge in [0.15, 0.2) is 0 Å². The van der Waals surface area contributed by atoms with Crippen molar-refractivity contribution in [3.63, 3.8) is 0 Å². The average Bonchev–Trinajstić information content (AvgIpc) is 2.71. The molecule has 0 saturated heterocycles. The van der Waals surface area contributed by atoms with E-state index >= 15 is 0 Å². The Morgan fingerprint density at radius 1 is 1.08 bits per heavy atom. The van der Waals surface area contributed by atoms with E-state index in [1.807, 2.05) is 0 Å². The van der Waals surface area contributed by atoms with Gasteiger partial charge in [0.25, 0.3) is 0 Å². The lowest BCUT2D eigenvalue weighted by Crippen LogP contribution is -2.05. The molecule has 70 valence electrons. The van der Waals surface area contributed by atoms with E-state index in [9.17, 15) is 0 Å². The first-order valence-corrected chi connectivity index (χ1v) is 5.43. The molecule has 2 rings (SSSR count). The molecule has 1 fully saturated rings. The topological polar surface area (TPSA) is 0 Å². The van der Waals surface area contributed by atoms with E-state index in [-0.39, 0.29) is 0 Å². The molecule has 0 heterocycles. The van der Waals surface area contributed by atoms with Crippen LogP contribution < -0.4 is 0 Å². The van der Waals surface area contributed by atoms with Crippen molar-refractivity contribution < 1.29 is 0 Å². The number of rotatable bonds is 2. The van der Waals surface area contributed by atoms with Crippen molar-refractivity contribution in [2.45, 2.75) is 38.5 Å². The van der Waals surface area contributed by atoms with E-state index in [1.165, 1.54) is 31.2 Å². The first-order chi connectivity index (χ1) is 6.38. The van der Waals surface area contributed by atoms with Crippen molar-refractivity contribution in [3.05, 3.63) is 35.9 Å². The first kappa shape index (κ1) is 8.80. The fourth-order valence-corrected chi connectivity index (χ4v) is 2.49. The third kappa shape index (κ3) is 1.93. The Labute approximate surface area is 81.0 Å². The standard InChI is InChI=1S/C13H18/c1-11(13-9-5-6-10-13)12-7-3-2-4-8-12/h2-4,7-8,11,13H,5-6,9-10H2,1H3/t11-/m1/s1. The highest BCUT2D eigenvalue weighted by molar-refractivity contribution is 5.19. The zero-order valence-corrected chi connectivity index (χ0v) is 8.37. The van der Waals surface area contributed by atoms with Crippen LogP contribution in [0.2, 0.25) is 0 Å². The molecule has 1 aliphatic carbocycles. The summed E-state index contributed by atoms with van der Waals surface area (Å²) < 4.78 is 0. The van der Waals surface area contributed by atoms with Crippen LogP contribution in [0.1, 0.15) is 44.1 Å². The maximum atomic E-state index is 2.38. The molecule has 0 bridgehead atoms. The van der Waals surface area contributed by atoms with Crippen LogP contribution in [0.15, 0.2) is 30.3 Å². The Bertz CT molecular complexity index is 244. The Balaban J connectivity index is 2.08. The van der Waals surface area contributed by atoms with Gasteiger partial charge in [-0.2, -0.15) is 0 Å². The van der Waals surface area contributed by atoms with Gasteiger partial charge in [0, 0.05) is 0 Å². The van der Waals surface area contributed by atoms with E-state index in [1.54, 1.807) is 0 Å². The molecular formula is C13H18. The lowest BCUT2D eigenvalue weighted by atomic mass is 9.87. The maximum absolute atomic E-state index is 2.38. The highest BCUT2D eigenvalue weighted by Crippen LogP contribution is 2.36. The zero-order chi connectivity index (χ0) is 9.10. The molecule has 1 atom stereocenters. The summed E-state index contributed by atoms with van der Waals surface area (Å²) in [6, 6.07) is 10.9. The molecule has 0 spiro atoms. The minimum Gasteiger partial charge on any atom is -0.0622 e. The summed E-state index contributed by atoms with van der Waals surface area (Å²) >= 11 is 0. The molecule has 0 amide bonds. The molecule has 0 nitrogen and oxygen atoms in total. The SMILES string of the molecule is C[C@H](c1ccccc1)C1CCCC1. The third-order valence-electron chi connectivity index (χ3n) is 3.43. The maximum Gasteiger partial charge on any atom is -0.0162 e. The smallest absolute Gasteiger partial charge is 0.0162 e. The highest BCUT2D eigenvalue weighted by Gasteiger charge is 2.22. The van der Waals surface area contributed by atoms with Gasteiger partial charge in [-0.05, 0) is 30.2 Å². The fraction of sp³-hybridized carbons (Fsp3) is 0.538. The van der Waals surface area contributed by atoms with E-state index in [0.29, 0.717) is 0 Å². The number of benzene rings is 1. The molecule has 0 heteroatoms. The summed E-state index contributed by atoms with van der Waals surface area (Å²) in [7, 11) is 0. The third-order valence-corrected chi connectivity index (χ3v) is 3.43. The summed E-state index contributed by atoms with van der Waals surface area (Å²) in [5, 5.41) is 0. The largest absolute Gasteiger partial charge is 0.0622 e. The van der Waals surface area contributed by atoms with Gasteiger partial charge >= 0.3 is 0 Å². The minimum absolute atomic E-state index is 0.767. The predicted octanol–water partition coefficient (Wildman–Crippen LogP) is 3.98. The molecule has 0 aromatic heterocycles. The van der Waals surface area contributed by atoms with Crippen LogP contribution in [0.5, 0.6) is 0 Å². The number of hydrogen-bond donors (Lipinski definition) is 0. The van der Waals surface area contributed by atoms with Crippen molar-refractivity contribution in [1.29, 1.82) is 0 Å².